The molecule has 88 valence electrons. The van der Waals surface area contributed by atoms with Crippen LogP contribution in [0.2, 0.25) is 15.6 Å². The van der Waals surface area contributed by atoms with Crippen LogP contribution in [0.3, 0.4) is 0 Å². The van der Waals surface area contributed by atoms with Gasteiger partial charge in [-0.1, -0.05) is 35.5 Å². The highest BCUT2D eigenvalue weighted by molar-refractivity contribution is 7.98. The van der Waals surface area contributed by atoms with Crippen LogP contribution in [0.4, 0.5) is 0 Å². The van der Waals surface area contributed by atoms with E-state index in [-0.39, 0.29) is 10.6 Å². The summed E-state index contributed by atoms with van der Waals surface area (Å²) in [5.41, 5.74) is 1.12. The van der Waals surface area contributed by atoms with E-state index in [0.717, 1.165) is 5.56 Å². The van der Waals surface area contributed by atoms with Crippen molar-refractivity contribution in [3.8, 4) is 0 Å². The second-order valence-corrected chi connectivity index (χ2v) is 5.13. The highest BCUT2D eigenvalue weighted by atomic mass is 35.5. The molecule has 0 bridgehead atoms. The molecule has 0 aliphatic heterocycles. The third kappa shape index (κ3) is 4.00. The van der Waals surface area contributed by atoms with Crippen LogP contribution >= 0.6 is 46.6 Å². The summed E-state index contributed by atoms with van der Waals surface area (Å²) in [6.45, 7) is 0. The first-order chi connectivity index (χ1) is 8.13. The Balaban J connectivity index is 2.04. The highest BCUT2D eigenvalue weighted by Gasteiger charge is 2.04. The normalized spacial score (nSPS) is 10.5. The van der Waals surface area contributed by atoms with E-state index in [2.05, 4.69) is 15.0 Å². The smallest absolute Gasteiger partial charge is 0.192 e. The van der Waals surface area contributed by atoms with E-state index in [1.54, 1.807) is 0 Å². The van der Waals surface area contributed by atoms with Gasteiger partial charge in [0.1, 0.15) is 0 Å². The third-order valence-corrected chi connectivity index (χ3v) is 3.35. The number of benzene rings is 1. The maximum absolute atomic E-state index is 5.80. The van der Waals surface area contributed by atoms with Gasteiger partial charge in [-0.25, -0.2) is 0 Å². The fourth-order valence-corrected chi connectivity index (χ4v) is 2.48. The molecule has 2 rings (SSSR count). The van der Waals surface area contributed by atoms with E-state index in [0.29, 0.717) is 15.9 Å². The summed E-state index contributed by atoms with van der Waals surface area (Å²) in [4.78, 5) is 11.6. The topological polar surface area (TPSA) is 38.7 Å². The molecule has 0 amide bonds. The summed E-state index contributed by atoms with van der Waals surface area (Å²) in [5, 5.41) is 1.42. The van der Waals surface area contributed by atoms with Gasteiger partial charge in [0.25, 0.3) is 0 Å². The summed E-state index contributed by atoms with van der Waals surface area (Å²) in [7, 11) is 0. The van der Waals surface area contributed by atoms with Gasteiger partial charge in [0.15, 0.2) is 5.16 Å². The van der Waals surface area contributed by atoms with E-state index in [1.807, 2.05) is 24.3 Å². The lowest BCUT2D eigenvalue weighted by Gasteiger charge is -2.01. The monoisotopic (exact) mass is 305 g/mol. The van der Waals surface area contributed by atoms with E-state index >= 15 is 0 Å². The second-order valence-electron chi connectivity index (χ2n) is 3.07. The van der Waals surface area contributed by atoms with Crippen molar-refractivity contribution >= 4 is 46.6 Å². The number of hydrogen-bond donors (Lipinski definition) is 0. The van der Waals surface area contributed by atoms with E-state index in [4.69, 9.17) is 34.8 Å². The fraction of sp³-hybridized carbons (Fsp3) is 0.100. The molecule has 3 nitrogen and oxygen atoms in total. The van der Waals surface area contributed by atoms with Crippen molar-refractivity contribution in [3.63, 3.8) is 0 Å². The van der Waals surface area contributed by atoms with Gasteiger partial charge in [0.2, 0.25) is 10.6 Å². The molecule has 0 fully saturated rings. The molecule has 0 saturated heterocycles. The number of aromatic nitrogens is 3. The van der Waals surface area contributed by atoms with Crippen molar-refractivity contribution in [2.45, 2.75) is 10.9 Å². The van der Waals surface area contributed by atoms with Crippen molar-refractivity contribution < 1.29 is 0 Å². The van der Waals surface area contributed by atoms with Crippen LogP contribution in [0, 0.1) is 0 Å². The van der Waals surface area contributed by atoms with Crippen LogP contribution in [0.1, 0.15) is 5.56 Å². The summed E-state index contributed by atoms with van der Waals surface area (Å²) in [6, 6.07) is 7.56. The van der Waals surface area contributed by atoms with Crippen LogP contribution in [0.15, 0.2) is 29.4 Å². The Morgan fingerprint density at radius 3 is 2.06 bits per heavy atom. The summed E-state index contributed by atoms with van der Waals surface area (Å²) < 4.78 is 0. The van der Waals surface area contributed by atoms with Gasteiger partial charge < -0.3 is 0 Å². The van der Waals surface area contributed by atoms with Crippen molar-refractivity contribution in [2.24, 2.45) is 0 Å². The zero-order valence-corrected chi connectivity index (χ0v) is 11.5. The molecular weight excluding hydrogens is 301 g/mol. The minimum absolute atomic E-state index is 0.101. The van der Waals surface area contributed by atoms with Crippen LogP contribution < -0.4 is 0 Å². The van der Waals surface area contributed by atoms with Gasteiger partial charge >= 0.3 is 0 Å². The van der Waals surface area contributed by atoms with Crippen molar-refractivity contribution in [1.29, 1.82) is 0 Å². The van der Waals surface area contributed by atoms with E-state index in [9.17, 15) is 0 Å². The lowest BCUT2D eigenvalue weighted by Crippen LogP contribution is -1.92. The van der Waals surface area contributed by atoms with E-state index < -0.39 is 0 Å². The Kier molecular flexibility index (Phi) is 4.45. The first-order valence-corrected chi connectivity index (χ1v) is 6.70. The maximum Gasteiger partial charge on any atom is 0.227 e. The number of hydrogen-bond acceptors (Lipinski definition) is 4. The SMILES string of the molecule is Clc1ccc(CSc2nc(Cl)nc(Cl)n2)cc1. The molecule has 0 atom stereocenters. The van der Waals surface area contributed by atoms with Crippen LogP contribution in [0.5, 0.6) is 0 Å². The Morgan fingerprint density at radius 1 is 0.882 bits per heavy atom. The zero-order valence-electron chi connectivity index (χ0n) is 8.40. The molecule has 0 radical (unpaired) electrons. The molecule has 1 heterocycles. The van der Waals surface area contributed by atoms with Crippen molar-refractivity contribution in [2.75, 3.05) is 0 Å². The van der Waals surface area contributed by atoms with Gasteiger partial charge in [0, 0.05) is 10.8 Å². The fourth-order valence-electron chi connectivity index (χ4n) is 1.10. The molecule has 1 aromatic heterocycles. The molecule has 0 spiro atoms. The van der Waals surface area contributed by atoms with Crippen molar-refractivity contribution in [1.82, 2.24) is 15.0 Å². The predicted molar refractivity (Wildman–Crippen MR) is 70.9 cm³/mol. The molecule has 0 unspecified atom stereocenters. The lowest BCUT2D eigenvalue weighted by molar-refractivity contribution is 0.903. The predicted octanol–water partition coefficient (Wildman–Crippen LogP) is 4.12. The molecule has 0 aliphatic rings. The number of thioether (sulfide) groups is 1. The molecule has 1 aromatic carbocycles. The zero-order chi connectivity index (χ0) is 12.3. The molecule has 0 N–H and O–H groups in total. The summed E-state index contributed by atoms with van der Waals surface area (Å²) >= 11 is 18.6. The first kappa shape index (κ1) is 12.9. The molecule has 7 heteroatoms. The maximum atomic E-state index is 5.80. The minimum atomic E-state index is 0.101. The van der Waals surface area contributed by atoms with Gasteiger partial charge in [-0.05, 0) is 40.9 Å². The molecule has 17 heavy (non-hydrogen) atoms. The summed E-state index contributed by atoms with van der Waals surface area (Å²) in [5.74, 6) is 0.716. The van der Waals surface area contributed by atoms with Crippen LogP contribution in [-0.4, -0.2) is 15.0 Å². The van der Waals surface area contributed by atoms with Crippen molar-refractivity contribution in [3.05, 3.63) is 45.4 Å². The standard InChI is InChI=1S/C10H6Cl3N3S/c11-7-3-1-6(2-4-7)5-17-10-15-8(12)14-9(13)16-10/h1-4H,5H2. The largest absolute Gasteiger partial charge is 0.227 e. The molecule has 0 saturated carbocycles. The Bertz CT molecular complexity index is 498. The quantitative estimate of drug-likeness (QED) is 0.799. The molecule has 2 aromatic rings. The number of halogens is 3. The Labute approximate surface area is 118 Å². The van der Waals surface area contributed by atoms with E-state index in [1.165, 1.54) is 11.8 Å². The van der Waals surface area contributed by atoms with Crippen LogP contribution in [0.25, 0.3) is 0 Å². The third-order valence-electron chi connectivity index (χ3n) is 1.84. The number of nitrogens with zero attached hydrogens (tertiary/aromatic N) is 3. The lowest BCUT2D eigenvalue weighted by atomic mass is 10.2. The Hall–Kier alpha value is -0.550. The molecule has 0 aliphatic carbocycles. The highest BCUT2D eigenvalue weighted by Crippen LogP contribution is 2.22. The Morgan fingerprint density at radius 2 is 1.47 bits per heavy atom. The number of rotatable bonds is 3. The van der Waals surface area contributed by atoms with Gasteiger partial charge in [-0.2, -0.15) is 15.0 Å². The van der Waals surface area contributed by atoms with Gasteiger partial charge in [-0.15, -0.1) is 0 Å². The first-order valence-electron chi connectivity index (χ1n) is 4.58. The second kappa shape index (κ2) is 5.87. The summed E-state index contributed by atoms with van der Waals surface area (Å²) in [6.07, 6.45) is 0. The van der Waals surface area contributed by atoms with Gasteiger partial charge in [-0.3, -0.25) is 0 Å². The average molecular weight is 307 g/mol. The minimum Gasteiger partial charge on any atom is -0.192 e. The average Bonchev–Trinajstić information content (AvgIpc) is 2.27. The van der Waals surface area contributed by atoms with Gasteiger partial charge in [0.05, 0.1) is 0 Å². The molecular formula is C10H6Cl3N3S. The van der Waals surface area contributed by atoms with Crippen LogP contribution in [-0.2, 0) is 5.75 Å².